The van der Waals surface area contributed by atoms with Crippen LogP contribution in [0.4, 0.5) is 8.78 Å². The first-order valence-corrected chi connectivity index (χ1v) is 17.4. The third-order valence-electron chi connectivity index (χ3n) is 8.00. The minimum atomic E-state index is -0.630. The van der Waals surface area contributed by atoms with Crippen molar-refractivity contribution in [3.05, 3.63) is 75.7 Å². The number of ether oxygens (including phenoxy) is 1. The number of rotatable bonds is 7. The number of halogens is 4. The van der Waals surface area contributed by atoms with Crippen LogP contribution < -0.4 is 15.4 Å². The van der Waals surface area contributed by atoms with Crippen LogP contribution in [0, 0.1) is 11.6 Å². The molecule has 4 heterocycles. The van der Waals surface area contributed by atoms with Gasteiger partial charge >= 0.3 is 0 Å². The second kappa shape index (κ2) is 17.6. The zero-order valence-electron chi connectivity index (χ0n) is 27.1. The smallest absolute Gasteiger partial charge is 0.257 e. The van der Waals surface area contributed by atoms with E-state index in [2.05, 4.69) is 20.6 Å². The summed E-state index contributed by atoms with van der Waals surface area (Å²) in [6.07, 6.45) is 6.47. The number of amides is 4. The minimum Gasteiger partial charge on any atom is -0.438 e. The monoisotopic (exact) mass is 736 g/mol. The van der Waals surface area contributed by atoms with Crippen LogP contribution in [-0.4, -0.2) is 87.9 Å². The lowest BCUT2D eigenvalue weighted by Crippen LogP contribution is -2.46. The van der Waals surface area contributed by atoms with E-state index in [4.69, 9.17) is 27.9 Å². The molecule has 49 heavy (non-hydrogen) atoms. The summed E-state index contributed by atoms with van der Waals surface area (Å²) in [6.45, 7) is 5.42. The van der Waals surface area contributed by atoms with E-state index in [1.165, 1.54) is 25.6 Å². The van der Waals surface area contributed by atoms with E-state index >= 15 is 0 Å². The summed E-state index contributed by atoms with van der Waals surface area (Å²) in [7, 11) is 0. The van der Waals surface area contributed by atoms with E-state index in [-0.39, 0.29) is 46.1 Å². The van der Waals surface area contributed by atoms with Crippen LogP contribution in [0.5, 0.6) is 11.6 Å². The lowest BCUT2D eigenvalue weighted by molar-refractivity contribution is -0.130. The molecule has 1 aromatic carbocycles. The maximum Gasteiger partial charge on any atom is 0.257 e. The SMILES string of the molecule is CC(=O)N1CCC(NC(=O)c2cc(F)cnc2Cl)CC1.CSc1cc(Oc2ncc(F)cc2C(=O)NC2CCN(C(C)=O)CC2)ccc1Cl. The summed E-state index contributed by atoms with van der Waals surface area (Å²) in [6, 6.07) is 7.10. The Labute approximate surface area is 297 Å². The van der Waals surface area contributed by atoms with Gasteiger partial charge in [-0.25, -0.2) is 18.7 Å². The van der Waals surface area contributed by atoms with Gasteiger partial charge in [0.1, 0.15) is 28.1 Å². The van der Waals surface area contributed by atoms with Crippen LogP contribution in [0.2, 0.25) is 10.2 Å². The highest BCUT2D eigenvalue weighted by molar-refractivity contribution is 7.98. The molecule has 0 unspecified atom stereocenters. The molecule has 11 nitrogen and oxygen atoms in total. The van der Waals surface area contributed by atoms with Crippen LogP contribution in [0.15, 0.2) is 47.6 Å². The molecule has 2 aliphatic rings. The first kappa shape index (κ1) is 37.8. The Hall–Kier alpha value is -4.01. The van der Waals surface area contributed by atoms with E-state index in [0.29, 0.717) is 62.6 Å². The average Bonchev–Trinajstić information content (AvgIpc) is 3.08. The van der Waals surface area contributed by atoms with Crippen LogP contribution in [0.25, 0.3) is 0 Å². The van der Waals surface area contributed by atoms with Crippen molar-refractivity contribution in [3.8, 4) is 11.6 Å². The number of pyridine rings is 2. The van der Waals surface area contributed by atoms with E-state index < -0.39 is 23.4 Å². The normalized spacial score (nSPS) is 15.2. The Balaban J connectivity index is 0.000000237. The fraction of sp³-hybridized carbons (Fsp3) is 0.394. The molecule has 0 aliphatic carbocycles. The molecule has 0 atom stereocenters. The van der Waals surface area contributed by atoms with Crippen LogP contribution in [-0.2, 0) is 9.59 Å². The third-order valence-corrected chi connectivity index (χ3v) is 9.52. The van der Waals surface area contributed by atoms with E-state index in [0.717, 1.165) is 29.4 Å². The summed E-state index contributed by atoms with van der Waals surface area (Å²) < 4.78 is 32.6. The van der Waals surface area contributed by atoms with Gasteiger partial charge in [0.05, 0.1) is 23.0 Å². The molecule has 0 radical (unpaired) electrons. The lowest BCUT2D eigenvalue weighted by Gasteiger charge is -2.31. The van der Waals surface area contributed by atoms with Crippen molar-refractivity contribution in [2.45, 2.75) is 56.5 Å². The second-order valence-electron chi connectivity index (χ2n) is 11.4. The van der Waals surface area contributed by atoms with Crippen molar-refractivity contribution in [1.29, 1.82) is 0 Å². The number of benzene rings is 1. The van der Waals surface area contributed by atoms with Gasteiger partial charge in [0.2, 0.25) is 17.7 Å². The maximum absolute atomic E-state index is 13.8. The second-order valence-corrected chi connectivity index (χ2v) is 13.0. The molecule has 2 aliphatic heterocycles. The molecule has 0 spiro atoms. The van der Waals surface area contributed by atoms with Gasteiger partial charge in [-0.15, -0.1) is 11.8 Å². The van der Waals surface area contributed by atoms with Gasteiger partial charge in [-0.3, -0.25) is 19.2 Å². The Bertz CT molecular complexity index is 1690. The summed E-state index contributed by atoms with van der Waals surface area (Å²) >= 11 is 13.4. The number of aromatic nitrogens is 2. The number of nitrogens with one attached hydrogen (secondary N) is 2. The zero-order chi connectivity index (χ0) is 35.7. The topological polar surface area (TPSA) is 134 Å². The van der Waals surface area contributed by atoms with Gasteiger partial charge in [0, 0.05) is 57.0 Å². The molecule has 2 N–H and O–H groups in total. The van der Waals surface area contributed by atoms with Gasteiger partial charge in [-0.2, -0.15) is 0 Å². The summed E-state index contributed by atoms with van der Waals surface area (Å²) in [5.41, 5.74) is 0.0420. The predicted molar refractivity (Wildman–Crippen MR) is 182 cm³/mol. The minimum absolute atomic E-state index is 0.0134. The largest absolute Gasteiger partial charge is 0.438 e. The zero-order valence-corrected chi connectivity index (χ0v) is 29.4. The van der Waals surface area contributed by atoms with Gasteiger partial charge in [-0.05, 0) is 62.3 Å². The third kappa shape index (κ3) is 10.7. The van der Waals surface area contributed by atoms with E-state index in [1.807, 2.05) is 6.26 Å². The molecule has 5 rings (SSSR count). The van der Waals surface area contributed by atoms with Crippen molar-refractivity contribution >= 4 is 58.6 Å². The van der Waals surface area contributed by atoms with Gasteiger partial charge < -0.3 is 25.2 Å². The van der Waals surface area contributed by atoms with Gasteiger partial charge in [0.15, 0.2) is 0 Å². The molecule has 0 saturated carbocycles. The standard InChI is InChI=1S/C20H21ClFN3O3S.C13H15ClFN3O2/c1-12(26)25-7-5-14(6-8-25)24-19(27)16-9-13(22)11-23-20(16)28-15-3-4-17(21)18(10-15)29-2;1-8(19)18-4-2-10(3-5-18)17-13(20)11-6-9(15)7-16-12(11)14/h3-4,9-11,14H,5-8H2,1-2H3,(H,24,27);6-7,10H,2-5H2,1H3,(H,17,20). The van der Waals surface area contributed by atoms with Crippen molar-refractivity contribution < 1.29 is 32.7 Å². The highest BCUT2D eigenvalue weighted by Gasteiger charge is 2.25. The van der Waals surface area contributed by atoms with Crippen molar-refractivity contribution in [2.24, 2.45) is 0 Å². The van der Waals surface area contributed by atoms with Crippen molar-refractivity contribution in [2.75, 3.05) is 32.4 Å². The number of hydrogen-bond donors (Lipinski definition) is 2. The number of carbonyl (C=O) groups excluding carboxylic acids is 4. The fourth-order valence-electron chi connectivity index (χ4n) is 5.27. The average molecular weight is 738 g/mol. The number of piperidine rings is 2. The van der Waals surface area contributed by atoms with Gasteiger partial charge in [0.25, 0.3) is 11.8 Å². The van der Waals surface area contributed by atoms with Crippen molar-refractivity contribution in [1.82, 2.24) is 30.4 Å². The molecule has 3 aromatic rings. The number of carbonyl (C=O) groups is 4. The van der Waals surface area contributed by atoms with Gasteiger partial charge in [-0.1, -0.05) is 23.2 Å². The molecule has 2 aromatic heterocycles. The first-order chi connectivity index (χ1) is 23.3. The van der Waals surface area contributed by atoms with E-state index in [1.54, 1.807) is 28.0 Å². The highest BCUT2D eigenvalue weighted by atomic mass is 35.5. The highest BCUT2D eigenvalue weighted by Crippen LogP contribution is 2.32. The number of likely N-dealkylation sites (tertiary alicyclic amines) is 2. The number of nitrogens with zero attached hydrogens (tertiary/aromatic N) is 4. The molecule has 0 bridgehead atoms. The Morgan fingerprint density at radius 2 is 1.29 bits per heavy atom. The molecule has 16 heteroatoms. The fourth-order valence-corrected chi connectivity index (χ4v) is 6.31. The summed E-state index contributed by atoms with van der Waals surface area (Å²) in [4.78, 5) is 59.3. The molecule has 2 fully saturated rings. The van der Waals surface area contributed by atoms with E-state index in [9.17, 15) is 28.0 Å². The molecule has 4 amide bonds. The quantitative estimate of drug-likeness (QED) is 0.232. The van der Waals surface area contributed by atoms with Crippen LogP contribution in [0.1, 0.15) is 60.2 Å². The molecular formula is C33H36Cl2F2N6O5S. The first-order valence-electron chi connectivity index (χ1n) is 15.4. The molecule has 2 saturated heterocycles. The van der Waals surface area contributed by atoms with Crippen molar-refractivity contribution in [3.63, 3.8) is 0 Å². The Morgan fingerprint density at radius 3 is 1.80 bits per heavy atom. The van der Waals surface area contributed by atoms with Crippen LogP contribution >= 0.6 is 35.0 Å². The van der Waals surface area contributed by atoms with Crippen LogP contribution in [0.3, 0.4) is 0 Å². The maximum atomic E-state index is 13.8. The number of hydrogen-bond acceptors (Lipinski definition) is 8. The Kier molecular flexibility index (Phi) is 13.6. The Morgan fingerprint density at radius 1 is 0.796 bits per heavy atom. The summed E-state index contributed by atoms with van der Waals surface area (Å²) in [5, 5.41) is 6.25. The predicted octanol–water partition coefficient (Wildman–Crippen LogP) is 5.74. The molecular weight excluding hydrogens is 701 g/mol. The summed E-state index contributed by atoms with van der Waals surface area (Å²) in [5.74, 6) is -1.63. The molecule has 262 valence electrons. The number of thioether (sulfide) groups is 1. The lowest BCUT2D eigenvalue weighted by atomic mass is 10.0.